The lowest BCUT2D eigenvalue weighted by Crippen LogP contribution is -2.36. The quantitative estimate of drug-likeness (QED) is 0.352. The number of carbonyl (C=O) groups is 1. The third kappa shape index (κ3) is 4.42. The average Bonchev–Trinajstić information content (AvgIpc) is 3.16. The monoisotopic (exact) mass is 394 g/mol. The molecule has 138 valence electrons. The number of fused-ring (bicyclic) bond motifs is 1. The van der Waals surface area contributed by atoms with Gasteiger partial charge in [-0.1, -0.05) is 42.5 Å². The maximum atomic E-state index is 12.8. The van der Waals surface area contributed by atoms with Crippen molar-refractivity contribution in [3.63, 3.8) is 0 Å². The molecule has 1 heterocycles. The fourth-order valence-corrected chi connectivity index (χ4v) is 5.35. The van der Waals surface area contributed by atoms with Crippen molar-refractivity contribution in [2.24, 2.45) is 5.92 Å². The normalized spacial score (nSPS) is 19.3. The van der Waals surface area contributed by atoms with Crippen LogP contribution in [0.3, 0.4) is 0 Å². The van der Waals surface area contributed by atoms with Crippen molar-refractivity contribution in [3.8, 4) is 0 Å². The number of carbonyl (C=O) groups excluding carboxylic acids is 1. The molecule has 0 saturated carbocycles. The van der Waals surface area contributed by atoms with Gasteiger partial charge in [0.2, 0.25) is 5.91 Å². The first kappa shape index (κ1) is 18.3. The van der Waals surface area contributed by atoms with Crippen LogP contribution < -0.4 is 5.32 Å². The van der Waals surface area contributed by atoms with Gasteiger partial charge in [0.25, 0.3) is 0 Å². The van der Waals surface area contributed by atoms with E-state index in [1.54, 1.807) is 23.1 Å². The second kappa shape index (κ2) is 8.72. The highest BCUT2D eigenvalue weighted by Crippen LogP contribution is 2.38. The van der Waals surface area contributed by atoms with Crippen molar-refractivity contribution in [1.29, 1.82) is 0 Å². The Bertz CT molecular complexity index is 903. The number of nitrogens with one attached hydrogen (secondary N) is 1. The van der Waals surface area contributed by atoms with Gasteiger partial charge in [-0.25, -0.2) is 4.98 Å². The molecule has 0 bridgehead atoms. The molecule has 0 aliphatic heterocycles. The standard InChI is InChI=1S/C22H22N2OS2/c25-21(23-14-15-26-16-8-2-1-3-9-16)17-10-4-5-11-18(17)22-24-19-12-6-7-13-20(19)27-22/h1-9,12-13,17-18H,10-11,14-15H2,(H,23,25)/t17-,18+/m1/s1. The fourth-order valence-electron chi connectivity index (χ4n) is 3.42. The summed E-state index contributed by atoms with van der Waals surface area (Å²) in [6.45, 7) is 0.686. The number of allylic oxidation sites excluding steroid dienone is 2. The smallest absolute Gasteiger partial charge is 0.224 e. The molecule has 0 fully saturated rings. The summed E-state index contributed by atoms with van der Waals surface area (Å²) in [5.74, 6) is 1.17. The van der Waals surface area contributed by atoms with E-state index in [0.29, 0.717) is 6.54 Å². The Balaban J connectivity index is 1.38. The predicted octanol–water partition coefficient (Wildman–Crippen LogP) is 5.25. The van der Waals surface area contributed by atoms with Crippen molar-refractivity contribution in [1.82, 2.24) is 10.3 Å². The SMILES string of the molecule is O=C(NCCSc1ccccc1)[C@@H]1CC=CC[C@@H]1c1nc2ccccc2s1. The summed E-state index contributed by atoms with van der Waals surface area (Å²) in [5, 5.41) is 4.22. The number of benzene rings is 2. The summed E-state index contributed by atoms with van der Waals surface area (Å²) in [5.41, 5.74) is 1.03. The molecular formula is C22H22N2OS2. The molecule has 0 unspecified atom stereocenters. The van der Waals surface area contributed by atoms with E-state index < -0.39 is 0 Å². The molecule has 2 atom stereocenters. The zero-order chi connectivity index (χ0) is 18.5. The average molecular weight is 395 g/mol. The van der Waals surface area contributed by atoms with E-state index in [0.717, 1.165) is 29.1 Å². The highest BCUT2D eigenvalue weighted by molar-refractivity contribution is 7.99. The molecule has 1 amide bonds. The van der Waals surface area contributed by atoms with Crippen molar-refractivity contribution < 1.29 is 4.79 Å². The zero-order valence-electron chi connectivity index (χ0n) is 15.0. The van der Waals surface area contributed by atoms with Crippen LogP contribution in [0.25, 0.3) is 10.2 Å². The van der Waals surface area contributed by atoms with Gasteiger partial charge in [0.1, 0.15) is 0 Å². The van der Waals surface area contributed by atoms with E-state index in [1.807, 2.05) is 36.4 Å². The van der Waals surface area contributed by atoms with Gasteiger partial charge in [-0.2, -0.15) is 0 Å². The maximum absolute atomic E-state index is 12.8. The first-order valence-corrected chi connectivity index (χ1v) is 11.1. The number of hydrogen-bond donors (Lipinski definition) is 1. The second-order valence-electron chi connectivity index (χ2n) is 6.63. The first-order chi connectivity index (χ1) is 13.3. The van der Waals surface area contributed by atoms with Crippen LogP contribution in [0.1, 0.15) is 23.8 Å². The van der Waals surface area contributed by atoms with Gasteiger partial charge in [-0.3, -0.25) is 4.79 Å². The number of nitrogens with zero attached hydrogens (tertiary/aromatic N) is 1. The van der Waals surface area contributed by atoms with Gasteiger partial charge >= 0.3 is 0 Å². The molecule has 1 aliphatic rings. The minimum atomic E-state index is -0.0303. The lowest BCUT2D eigenvalue weighted by molar-refractivity contribution is -0.125. The van der Waals surface area contributed by atoms with Crippen LogP contribution in [-0.4, -0.2) is 23.2 Å². The van der Waals surface area contributed by atoms with E-state index in [4.69, 9.17) is 4.98 Å². The molecule has 4 rings (SSSR count). The van der Waals surface area contributed by atoms with Gasteiger partial charge < -0.3 is 5.32 Å². The Morgan fingerprint density at radius 2 is 1.85 bits per heavy atom. The lowest BCUT2D eigenvalue weighted by Gasteiger charge is -2.26. The molecule has 0 saturated heterocycles. The number of hydrogen-bond acceptors (Lipinski definition) is 4. The van der Waals surface area contributed by atoms with Crippen LogP contribution in [0.15, 0.2) is 71.6 Å². The molecule has 0 spiro atoms. The molecule has 1 aromatic heterocycles. The molecular weight excluding hydrogens is 372 g/mol. The topological polar surface area (TPSA) is 42.0 Å². The molecule has 2 aromatic carbocycles. The summed E-state index contributed by atoms with van der Waals surface area (Å²) in [6, 6.07) is 18.5. The van der Waals surface area contributed by atoms with Gasteiger partial charge in [-0.05, 0) is 37.1 Å². The molecule has 5 heteroatoms. The molecule has 0 radical (unpaired) electrons. The highest BCUT2D eigenvalue weighted by atomic mass is 32.2. The first-order valence-electron chi connectivity index (χ1n) is 9.27. The van der Waals surface area contributed by atoms with Gasteiger partial charge in [0.05, 0.1) is 21.1 Å². The number of aromatic nitrogens is 1. The molecule has 3 aromatic rings. The van der Waals surface area contributed by atoms with Crippen molar-refractivity contribution in [2.45, 2.75) is 23.7 Å². The van der Waals surface area contributed by atoms with E-state index in [2.05, 4.69) is 35.7 Å². The number of para-hydroxylation sites is 1. The van der Waals surface area contributed by atoms with E-state index in [-0.39, 0.29) is 17.7 Å². The molecule has 27 heavy (non-hydrogen) atoms. The number of rotatable bonds is 6. The summed E-state index contributed by atoms with van der Waals surface area (Å²) in [4.78, 5) is 18.9. The fraction of sp³-hybridized carbons (Fsp3) is 0.273. The Morgan fingerprint density at radius 3 is 2.70 bits per heavy atom. The molecule has 1 aliphatic carbocycles. The largest absolute Gasteiger partial charge is 0.355 e. The minimum Gasteiger partial charge on any atom is -0.355 e. The van der Waals surface area contributed by atoms with Gasteiger partial charge in [0, 0.05) is 23.1 Å². The van der Waals surface area contributed by atoms with Crippen LogP contribution in [-0.2, 0) is 4.79 Å². The second-order valence-corrected chi connectivity index (χ2v) is 8.86. The third-order valence-corrected chi connectivity index (χ3v) is 6.99. The van der Waals surface area contributed by atoms with Crippen LogP contribution in [0, 0.1) is 5.92 Å². The predicted molar refractivity (Wildman–Crippen MR) is 114 cm³/mol. The van der Waals surface area contributed by atoms with E-state index >= 15 is 0 Å². The van der Waals surface area contributed by atoms with Crippen LogP contribution in [0.4, 0.5) is 0 Å². The molecule has 3 nitrogen and oxygen atoms in total. The van der Waals surface area contributed by atoms with Crippen LogP contribution in [0.2, 0.25) is 0 Å². The van der Waals surface area contributed by atoms with Crippen molar-refractivity contribution in [3.05, 3.63) is 71.8 Å². The number of thioether (sulfide) groups is 1. The summed E-state index contributed by atoms with van der Waals surface area (Å²) >= 11 is 3.49. The Kier molecular flexibility index (Phi) is 5.90. The highest BCUT2D eigenvalue weighted by Gasteiger charge is 2.32. The summed E-state index contributed by atoms with van der Waals surface area (Å²) < 4.78 is 1.19. The maximum Gasteiger partial charge on any atom is 0.224 e. The van der Waals surface area contributed by atoms with Crippen LogP contribution >= 0.6 is 23.1 Å². The number of amides is 1. The van der Waals surface area contributed by atoms with Gasteiger partial charge in [0.15, 0.2) is 0 Å². The van der Waals surface area contributed by atoms with Crippen molar-refractivity contribution >= 4 is 39.2 Å². The van der Waals surface area contributed by atoms with E-state index in [1.165, 1.54) is 9.60 Å². The lowest BCUT2D eigenvalue weighted by atomic mass is 9.82. The Morgan fingerprint density at radius 1 is 1.07 bits per heavy atom. The van der Waals surface area contributed by atoms with E-state index in [9.17, 15) is 4.79 Å². The van der Waals surface area contributed by atoms with Crippen molar-refractivity contribution in [2.75, 3.05) is 12.3 Å². The molecule has 1 N–H and O–H groups in total. The van der Waals surface area contributed by atoms with Crippen LogP contribution in [0.5, 0.6) is 0 Å². The minimum absolute atomic E-state index is 0.0303. The Labute approximate surface area is 167 Å². The zero-order valence-corrected chi connectivity index (χ0v) is 16.6. The third-order valence-electron chi connectivity index (χ3n) is 4.81. The summed E-state index contributed by atoms with van der Waals surface area (Å²) in [7, 11) is 0. The Hall–Kier alpha value is -2.11. The number of thiazole rings is 1. The summed E-state index contributed by atoms with van der Waals surface area (Å²) in [6.07, 6.45) is 5.99. The van der Waals surface area contributed by atoms with Gasteiger partial charge in [-0.15, -0.1) is 23.1 Å².